The van der Waals surface area contributed by atoms with Gasteiger partial charge in [-0.3, -0.25) is 4.79 Å². The molecule has 134 valence electrons. The lowest BCUT2D eigenvalue weighted by molar-refractivity contribution is 0.0929. The van der Waals surface area contributed by atoms with E-state index >= 15 is 0 Å². The second kappa shape index (κ2) is 7.42. The van der Waals surface area contributed by atoms with Crippen LogP contribution in [0.5, 0.6) is 0 Å². The van der Waals surface area contributed by atoms with Crippen LogP contribution < -0.4 is 5.43 Å². The number of nitrogens with zero attached hydrogens (tertiary/aromatic N) is 1. The van der Waals surface area contributed by atoms with Crippen LogP contribution in [0.25, 0.3) is 22.3 Å². The Balaban J connectivity index is 1.45. The molecule has 4 aromatic rings. The van der Waals surface area contributed by atoms with Crippen molar-refractivity contribution in [2.45, 2.75) is 0 Å². The van der Waals surface area contributed by atoms with Gasteiger partial charge in [0.2, 0.25) is 0 Å². The first kappa shape index (κ1) is 17.6. The van der Waals surface area contributed by atoms with Crippen LogP contribution in [0.2, 0.25) is 5.02 Å². The fourth-order valence-electron chi connectivity index (χ4n) is 2.55. The standard InChI is InChI=1S/C20H12BrClN2O3/c21-14-4-6-18-13(8-14)10-19(27-18)20(25)24-23-11-16-5-7-17(26-16)12-2-1-3-15(22)9-12/h1-11H,(H,24,25)/b23-11+. The number of carbonyl (C=O) groups excluding carboxylic acids is 1. The van der Waals surface area contributed by atoms with Crippen molar-refractivity contribution in [1.82, 2.24) is 5.43 Å². The molecule has 7 heteroatoms. The number of benzene rings is 2. The maximum absolute atomic E-state index is 12.2. The third-order valence-electron chi connectivity index (χ3n) is 3.80. The third-order valence-corrected chi connectivity index (χ3v) is 4.52. The number of hydrazone groups is 1. The highest BCUT2D eigenvalue weighted by Gasteiger charge is 2.12. The van der Waals surface area contributed by atoms with Gasteiger partial charge in [-0.2, -0.15) is 5.10 Å². The minimum Gasteiger partial charge on any atom is -0.455 e. The van der Waals surface area contributed by atoms with Gasteiger partial charge < -0.3 is 8.83 Å². The first-order valence-electron chi connectivity index (χ1n) is 7.97. The van der Waals surface area contributed by atoms with Crippen LogP contribution in [0.3, 0.4) is 0 Å². The van der Waals surface area contributed by atoms with E-state index in [1.165, 1.54) is 6.21 Å². The van der Waals surface area contributed by atoms with E-state index in [0.29, 0.717) is 22.1 Å². The van der Waals surface area contributed by atoms with Crippen LogP contribution in [0.15, 0.2) is 79.1 Å². The van der Waals surface area contributed by atoms with Crippen LogP contribution in [-0.4, -0.2) is 12.1 Å². The molecule has 0 bridgehead atoms. The second-order valence-electron chi connectivity index (χ2n) is 5.70. The lowest BCUT2D eigenvalue weighted by atomic mass is 10.2. The average molecular weight is 444 g/mol. The van der Waals surface area contributed by atoms with E-state index in [1.54, 1.807) is 24.3 Å². The molecule has 0 aliphatic rings. The van der Waals surface area contributed by atoms with Crippen LogP contribution in [0, 0.1) is 0 Å². The van der Waals surface area contributed by atoms with E-state index in [9.17, 15) is 4.79 Å². The summed E-state index contributed by atoms with van der Waals surface area (Å²) in [6, 6.07) is 18.1. The van der Waals surface area contributed by atoms with Crippen molar-refractivity contribution in [3.05, 3.63) is 81.7 Å². The Morgan fingerprint density at radius 3 is 2.81 bits per heavy atom. The number of nitrogens with one attached hydrogen (secondary N) is 1. The van der Waals surface area contributed by atoms with Crippen molar-refractivity contribution in [1.29, 1.82) is 0 Å². The maximum Gasteiger partial charge on any atom is 0.307 e. The highest BCUT2D eigenvalue weighted by molar-refractivity contribution is 9.10. The summed E-state index contributed by atoms with van der Waals surface area (Å²) in [5.41, 5.74) is 3.92. The molecule has 0 fully saturated rings. The summed E-state index contributed by atoms with van der Waals surface area (Å²) in [5, 5.41) is 5.37. The first-order chi connectivity index (χ1) is 13.1. The minimum absolute atomic E-state index is 0.180. The molecule has 2 heterocycles. The molecule has 2 aromatic heterocycles. The van der Waals surface area contributed by atoms with Crippen LogP contribution >= 0.6 is 27.5 Å². The number of hydrogen-bond donors (Lipinski definition) is 1. The van der Waals surface area contributed by atoms with Crippen molar-refractivity contribution < 1.29 is 13.6 Å². The van der Waals surface area contributed by atoms with Crippen LogP contribution in [0.4, 0.5) is 0 Å². The van der Waals surface area contributed by atoms with E-state index in [4.69, 9.17) is 20.4 Å². The number of hydrogen-bond acceptors (Lipinski definition) is 4. The van der Waals surface area contributed by atoms with Crippen LogP contribution in [-0.2, 0) is 0 Å². The van der Waals surface area contributed by atoms with Crippen molar-refractivity contribution in [3.8, 4) is 11.3 Å². The van der Waals surface area contributed by atoms with Gasteiger partial charge in [-0.1, -0.05) is 39.7 Å². The summed E-state index contributed by atoms with van der Waals surface area (Å²) >= 11 is 9.37. The van der Waals surface area contributed by atoms with E-state index in [2.05, 4.69) is 26.5 Å². The zero-order chi connectivity index (χ0) is 18.8. The van der Waals surface area contributed by atoms with Crippen molar-refractivity contribution in [3.63, 3.8) is 0 Å². The predicted molar refractivity (Wildman–Crippen MR) is 108 cm³/mol. The summed E-state index contributed by atoms with van der Waals surface area (Å²) in [4.78, 5) is 12.2. The Labute approximate surface area is 167 Å². The average Bonchev–Trinajstić information content (AvgIpc) is 3.28. The number of amides is 1. The lowest BCUT2D eigenvalue weighted by Gasteiger charge is -1.97. The quantitative estimate of drug-likeness (QED) is 0.317. The largest absolute Gasteiger partial charge is 0.455 e. The van der Waals surface area contributed by atoms with Gasteiger partial charge in [0.05, 0.1) is 6.21 Å². The highest BCUT2D eigenvalue weighted by atomic mass is 79.9. The minimum atomic E-state index is -0.444. The van der Waals surface area contributed by atoms with Crippen molar-refractivity contribution in [2.75, 3.05) is 0 Å². The number of rotatable bonds is 4. The van der Waals surface area contributed by atoms with E-state index < -0.39 is 5.91 Å². The lowest BCUT2D eigenvalue weighted by Crippen LogP contribution is -2.16. The molecule has 0 saturated heterocycles. The molecule has 5 nitrogen and oxygen atoms in total. The molecular formula is C20H12BrClN2O3. The summed E-state index contributed by atoms with van der Waals surface area (Å²) < 4.78 is 12.1. The zero-order valence-electron chi connectivity index (χ0n) is 13.8. The summed E-state index contributed by atoms with van der Waals surface area (Å²) in [5.74, 6) is 0.895. The molecule has 1 N–H and O–H groups in total. The van der Waals surface area contributed by atoms with Gasteiger partial charge >= 0.3 is 5.91 Å². The fraction of sp³-hybridized carbons (Fsp3) is 0. The molecule has 0 saturated carbocycles. The molecule has 0 spiro atoms. The molecule has 2 aromatic carbocycles. The SMILES string of the molecule is O=C(N/N=C/c1ccc(-c2cccc(Cl)c2)o1)c1cc2cc(Br)ccc2o1. The molecule has 0 radical (unpaired) electrons. The van der Waals surface area contributed by atoms with Gasteiger partial charge in [-0.05, 0) is 48.5 Å². The number of furan rings is 2. The topological polar surface area (TPSA) is 67.7 Å². The second-order valence-corrected chi connectivity index (χ2v) is 7.06. The van der Waals surface area contributed by atoms with Gasteiger partial charge in [-0.25, -0.2) is 5.43 Å². The number of halogens is 2. The number of carbonyl (C=O) groups is 1. The predicted octanol–water partition coefficient (Wildman–Crippen LogP) is 5.87. The molecule has 0 unspecified atom stereocenters. The smallest absolute Gasteiger partial charge is 0.307 e. The number of fused-ring (bicyclic) bond motifs is 1. The summed E-state index contributed by atoms with van der Waals surface area (Å²) in [6.45, 7) is 0. The molecule has 0 aliphatic carbocycles. The molecule has 1 amide bonds. The highest BCUT2D eigenvalue weighted by Crippen LogP contribution is 2.25. The van der Waals surface area contributed by atoms with Crippen molar-refractivity contribution >= 4 is 50.6 Å². The van der Waals surface area contributed by atoms with Gasteiger partial charge in [0.1, 0.15) is 17.1 Å². The fourth-order valence-corrected chi connectivity index (χ4v) is 3.12. The summed E-state index contributed by atoms with van der Waals surface area (Å²) in [6.07, 6.45) is 1.42. The van der Waals surface area contributed by atoms with E-state index in [1.807, 2.05) is 36.4 Å². The molecule has 4 rings (SSSR count). The molecule has 0 atom stereocenters. The normalized spacial score (nSPS) is 11.3. The summed E-state index contributed by atoms with van der Waals surface area (Å²) in [7, 11) is 0. The maximum atomic E-state index is 12.2. The zero-order valence-corrected chi connectivity index (χ0v) is 16.1. The molecule has 27 heavy (non-hydrogen) atoms. The van der Waals surface area contributed by atoms with Gasteiger partial charge in [0, 0.05) is 20.4 Å². The Kier molecular flexibility index (Phi) is 4.83. The Hall–Kier alpha value is -2.83. The van der Waals surface area contributed by atoms with Gasteiger partial charge in [-0.15, -0.1) is 0 Å². The van der Waals surface area contributed by atoms with Gasteiger partial charge in [0.25, 0.3) is 0 Å². The van der Waals surface area contributed by atoms with E-state index in [0.717, 1.165) is 15.4 Å². The first-order valence-corrected chi connectivity index (χ1v) is 9.14. The van der Waals surface area contributed by atoms with E-state index in [-0.39, 0.29) is 5.76 Å². The van der Waals surface area contributed by atoms with Crippen molar-refractivity contribution in [2.24, 2.45) is 5.10 Å². The molecular weight excluding hydrogens is 432 g/mol. The molecule has 0 aliphatic heterocycles. The van der Waals surface area contributed by atoms with Crippen LogP contribution in [0.1, 0.15) is 16.3 Å². The monoisotopic (exact) mass is 442 g/mol. The Morgan fingerprint density at radius 1 is 1.07 bits per heavy atom. The van der Waals surface area contributed by atoms with Gasteiger partial charge in [0.15, 0.2) is 5.76 Å². The Bertz CT molecular complexity index is 1160. The third kappa shape index (κ3) is 3.97. The Morgan fingerprint density at radius 2 is 1.96 bits per heavy atom.